The molecule has 2 N–H and O–H groups in total. The van der Waals surface area contributed by atoms with Crippen molar-refractivity contribution >= 4 is 22.8 Å². The number of anilines is 1. The molecular formula is C25H22FN7O3. The highest BCUT2D eigenvalue weighted by Crippen LogP contribution is 2.20. The molecule has 0 unspecified atom stereocenters. The smallest absolute Gasteiger partial charge is 0.263 e. The summed E-state index contributed by atoms with van der Waals surface area (Å²) in [6, 6.07) is 14.1. The number of aromatic amines is 1. The molecule has 0 saturated carbocycles. The van der Waals surface area contributed by atoms with Crippen LogP contribution in [0.25, 0.3) is 22.7 Å². The molecule has 182 valence electrons. The zero-order valence-electron chi connectivity index (χ0n) is 19.7. The maximum absolute atomic E-state index is 13.4. The lowest BCUT2D eigenvalue weighted by atomic mass is 10.2. The van der Waals surface area contributed by atoms with Gasteiger partial charge in [0.15, 0.2) is 5.65 Å². The zero-order chi connectivity index (χ0) is 25.4. The van der Waals surface area contributed by atoms with Crippen molar-refractivity contribution in [3.63, 3.8) is 0 Å². The second-order valence-corrected chi connectivity index (χ2v) is 8.39. The molecule has 5 rings (SSSR count). The topological polar surface area (TPSA) is 120 Å². The van der Waals surface area contributed by atoms with E-state index in [9.17, 15) is 14.0 Å². The number of benzene rings is 2. The molecule has 0 aliphatic rings. The maximum Gasteiger partial charge on any atom is 0.263 e. The fourth-order valence-corrected chi connectivity index (χ4v) is 3.67. The number of aromatic nitrogens is 6. The van der Waals surface area contributed by atoms with Gasteiger partial charge in [-0.2, -0.15) is 19.9 Å². The molecule has 10 nitrogen and oxygen atoms in total. The Bertz CT molecular complexity index is 1620. The number of nitrogens with one attached hydrogen (secondary N) is 2. The molecule has 0 atom stereocenters. The molecule has 0 saturated heterocycles. The van der Waals surface area contributed by atoms with E-state index in [1.807, 2.05) is 13.8 Å². The first-order valence-electron chi connectivity index (χ1n) is 11.2. The fraction of sp³-hybridized carbons (Fsp3) is 0.160. The summed E-state index contributed by atoms with van der Waals surface area (Å²) in [7, 11) is 0. The molecule has 3 heterocycles. The summed E-state index contributed by atoms with van der Waals surface area (Å²) in [6.07, 6.45) is 1.41. The minimum Gasteiger partial charge on any atom is -0.491 e. The molecule has 36 heavy (non-hydrogen) atoms. The monoisotopic (exact) mass is 487 g/mol. The minimum atomic E-state index is -0.436. The lowest BCUT2D eigenvalue weighted by Crippen LogP contribution is -2.19. The second-order valence-electron chi connectivity index (χ2n) is 8.39. The van der Waals surface area contributed by atoms with E-state index >= 15 is 0 Å². The molecular weight excluding hydrogens is 465 g/mol. The Kier molecular flexibility index (Phi) is 5.80. The summed E-state index contributed by atoms with van der Waals surface area (Å²) in [5.74, 6) is 0.300. The Morgan fingerprint density at radius 3 is 2.50 bits per heavy atom. The molecule has 0 radical (unpaired) electrons. The van der Waals surface area contributed by atoms with Crippen LogP contribution in [0.2, 0.25) is 0 Å². The molecule has 1 amide bonds. The van der Waals surface area contributed by atoms with Crippen molar-refractivity contribution < 1.29 is 13.9 Å². The number of fused-ring (bicyclic) bond motifs is 1. The second kappa shape index (κ2) is 9.10. The standard InChI is InChI=1S/C25H22FN7O3/c1-14(2)36-19-10-4-16(5-11-19)23(34)28-21-12-15(3)31-33(21)25-29-22-20(24(35)30-25)13-27-32(22)18-8-6-17(26)7-9-18/h4-14H,1-3H3,(H,28,34)(H,29,30,35). The van der Waals surface area contributed by atoms with Crippen molar-refractivity contribution in [1.29, 1.82) is 0 Å². The lowest BCUT2D eigenvalue weighted by Gasteiger charge is -2.11. The van der Waals surface area contributed by atoms with Gasteiger partial charge < -0.3 is 10.1 Å². The number of H-pyrrole nitrogens is 1. The SMILES string of the molecule is Cc1cc(NC(=O)c2ccc(OC(C)C)cc2)n(-c2nc3c(cnn3-c3ccc(F)cc3)c(=O)[nH]2)n1. The number of hydrogen-bond acceptors (Lipinski definition) is 6. The van der Waals surface area contributed by atoms with Crippen LogP contribution in [0.3, 0.4) is 0 Å². The number of carbonyl (C=O) groups is 1. The van der Waals surface area contributed by atoms with Gasteiger partial charge in [0.1, 0.15) is 22.8 Å². The van der Waals surface area contributed by atoms with E-state index in [1.54, 1.807) is 37.3 Å². The van der Waals surface area contributed by atoms with Gasteiger partial charge in [-0.25, -0.2) is 9.07 Å². The molecule has 0 fully saturated rings. The van der Waals surface area contributed by atoms with Crippen LogP contribution in [0.5, 0.6) is 5.75 Å². The minimum absolute atomic E-state index is 0.0216. The summed E-state index contributed by atoms with van der Waals surface area (Å²) >= 11 is 0. The maximum atomic E-state index is 13.4. The van der Waals surface area contributed by atoms with E-state index < -0.39 is 11.4 Å². The van der Waals surface area contributed by atoms with Crippen LogP contribution in [0, 0.1) is 12.7 Å². The quantitative estimate of drug-likeness (QED) is 0.376. The van der Waals surface area contributed by atoms with E-state index in [4.69, 9.17) is 4.74 Å². The molecule has 5 aromatic rings. The summed E-state index contributed by atoms with van der Waals surface area (Å²) in [6.45, 7) is 5.60. The molecule has 0 aliphatic carbocycles. The first kappa shape index (κ1) is 23.0. The van der Waals surface area contributed by atoms with Crippen molar-refractivity contribution in [2.45, 2.75) is 26.9 Å². The number of aryl methyl sites for hydroxylation is 1. The average molecular weight is 487 g/mol. The lowest BCUT2D eigenvalue weighted by molar-refractivity contribution is 0.102. The Morgan fingerprint density at radius 2 is 1.81 bits per heavy atom. The van der Waals surface area contributed by atoms with E-state index in [0.717, 1.165) is 0 Å². The van der Waals surface area contributed by atoms with Crippen LogP contribution in [-0.2, 0) is 0 Å². The van der Waals surface area contributed by atoms with Crippen molar-refractivity contribution in [2.75, 3.05) is 5.32 Å². The van der Waals surface area contributed by atoms with Crippen LogP contribution in [-0.4, -0.2) is 41.5 Å². The van der Waals surface area contributed by atoms with Crippen LogP contribution in [0.15, 0.2) is 65.6 Å². The Hall–Kier alpha value is -4.80. The van der Waals surface area contributed by atoms with E-state index in [0.29, 0.717) is 28.5 Å². The Labute approximate surface area is 204 Å². The molecule has 0 spiro atoms. The Morgan fingerprint density at radius 1 is 1.08 bits per heavy atom. The number of amides is 1. The number of carbonyl (C=O) groups excluding carboxylic acids is 1. The van der Waals surface area contributed by atoms with Gasteiger partial charge in [0.25, 0.3) is 11.5 Å². The van der Waals surface area contributed by atoms with E-state index in [1.165, 1.54) is 39.8 Å². The summed E-state index contributed by atoms with van der Waals surface area (Å²) in [5, 5.41) is 11.7. The number of halogens is 1. The van der Waals surface area contributed by atoms with Gasteiger partial charge in [-0.3, -0.25) is 14.6 Å². The molecule has 2 aromatic carbocycles. The first-order valence-corrected chi connectivity index (χ1v) is 11.2. The van der Waals surface area contributed by atoms with Crippen LogP contribution < -0.4 is 15.6 Å². The third kappa shape index (κ3) is 4.45. The average Bonchev–Trinajstić information content (AvgIpc) is 3.43. The van der Waals surface area contributed by atoms with Crippen molar-refractivity contribution in [3.05, 3.63) is 88.2 Å². The highest BCUT2D eigenvalue weighted by atomic mass is 19.1. The molecule has 0 bridgehead atoms. The third-order valence-corrected chi connectivity index (χ3v) is 5.26. The van der Waals surface area contributed by atoms with Gasteiger partial charge in [-0.1, -0.05) is 0 Å². The van der Waals surface area contributed by atoms with Gasteiger partial charge in [-0.05, 0) is 69.3 Å². The van der Waals surface area contributed by atoms with Crippen LogP contribution in [0.4, 0.5) is 10.2 Å². The Balaban J connectivity index is 1.50. The largest absolute Gasteiger partial charge is 0.491 e. The van der Waals surface area contributed by atoms with Gasteiger partial charge in [0.2, 0.25) is 5.95 Å². The summed E-state index contributed by atoms with van der Waals surface area (Å²) in [5.41, 5.74) is 1.37. The third-order valence-electron chi connectivity index (χ3n) is 5.26. The molecule has 3 aromatic heterocycles. The van der Waals surface area contributed by atoms with Crippen molar-refractivity contribution in [1.82, 2.24) is 29.5 Å². The van der Waals surface area contributed by atoms with Gasteiger partial charge >= 0.3 is 0 Å². The first-order chi connectivity index (χ1) is 17.3. The number of rotatable bonds is 6. The number of hydrogen-bond donors (Lipinski definition) is 2. The van der Waals surface area contributed by atoms with Crippen molar-refractivity contribution in [3.8, 4) is 17.4 Å². The van der Waals surface area contributed by atoms with E-state index in [2.05, 4.69) is 25.5 Å². The molecule has 0 aliphatic heterocycles. The predicted octanol–water partition coefficient (Wildman–Crippen LogP) is 3.78. The number of nitrogens with zero attached hydrogens (tertiary/aromatic N) is 5. The van der Waals surface area contributed by atoms with Gasteiger partial charge in [-0.15, -0.1) is 0 Å². The van der Waals surface area contributed by atoms with E-state index in [-0.39, 0.29) is 29.0 Å². The van der Waals surface area contributed by atoms with Crippen LogP contribution >= 0.6 is 0 Å². The zero-order valence-corrected chi connectivity index (χ0v) is 19.7. The highest BCUT2D eigenvalue weighted by molar-refractivity contribution is 6.04. The normalized spacial score (nSPS) is 11.2. The summed E-state index contributed by atoms with van der Waals surface area (Å²) < 4.78 is 21.8. The number of ether oxygens (including phenoxy) is 1. The highest BCUT2D eigenvalue weighted by Gasteiger charge is 2.17. The fourth-order valence-electron chi connectivity index (χ4n) is 3.67. The van der Waals surface area contributed by atoms with Gasteiger partial charge in [0, 0.05) is 11.6 Å². The predicted molar refractivity (Wildman–Crippen MR) is 131 cm³/mol. The van der Waals surface area contributed by atoms with Crippen LogP contribution in [0.1, 0.15) is 29.9 Å². The molecule has 11 heteroatoms. The summed E-state index contributed by atoms with van der Waals surface area (Å²) in [4.78, 5) is 32.9. The van der Waals surface area contributed by atoms with Crippen molar-refractivity contribution in [2.24, 2.45) is 0 Å². The van der Waals surface area contributed by atoms with Gasteiger partial charge in [0.05, 0.1) is 23.7 Å².